The van der Waals surface area contributed by atoms with Gasteiger partial charge in [-0.1, -0.05) is 54.6 Å². The molecule has 11 nitrogen and oxygen atoms in total. The first kappa shape index (κ1) is 27.3. The number of nitrogens with zero attached hydrogens (tertiary/aromatic N) is 1. The lowest BCUT2D eigenvalue weighted by molar-refractivity contribution is -0.0652. The molecule has 0 radical (unpaired) electrons. The van der Waals surface area contributed by atoms with Gasteiger partial charge in [-0.3, -0.25) is 4.79 Å². The van der Waals surface area contributed by atoms with Gasteiger partial charge in [-0.15, -0.1) is 0 Å². The Morgan fingerprint density at radius 2 is 1.17 bits per heavy atom. The molecule has 1 aromatic heterocycles. The van der Waals surface area contributed by atoms with Crippen LogP contribution in [-0.4, -0.2) is 52.4 Å². The van der Waals surface area contributed by atoms with Crippen LogP contribution in [0.3, 0.4) is 0 Å². The minimum absolute atomic E-state index is 0.174. The zero-order valence-electron chi connectivity index (χ0n) is 21.5. The van der Waals surface area contributed by atoms with Crippen molar-refractivity contribution in [2.45, 2.75) is 24.5 Å². The zero-order chi connectivity index (χ0) is 28.8. The normalized spacial score (nSPS) is 19.7. The Kier molecular flexibility index (Phi) is 8.16. The van der Waals surface area contributed by atoms with E-state index in [4.69, 9.17) is 18.9 Å². The first-order valence-electron chi connectivity index (χ1n) is 12.6. The fourth-order valence-electron chi connectivity index (χ4n) is 4.34. The second-order valence-electron chi connectivity index (χ2n) is 8.99. The number of aromatic nitrogens is 2. The highest BCUT2D eigenvalue weighted by atomic mass is 16.7. The first-order valence-corrected chi connectivity index (χ1v) is 12.6. The molecule has 4 aromatic rings. The van der Waals surface area contributed by atoms with Crippen molar-refractivity contribution in [2.24, 2.45) is 0 Å². The number of hydrogen-bond acceptors (Lipinski definition) is 9. The number of carbonyl (C=O) groups is 3. The molecule has 1 saturated heterocycles. The Labute approximate surface area is 232 Å². The van der Waals surface area contributed by atoms with E-state index in [0.717, 1.165) is 12.3 Å². The molecule has 0 spiro atoms. The van der Waals surface area contributed by atoms with Crippen molar-refractivity contribution >= 4 is 17.9 Å². The van der Waals surface area contributed by atoms with E-state index in [1.807, 2.05) is 0 Å². The molecule has 5 rings (SSSR count). The summed E-state index contributed by atoms with van der Waals surface area (Å²) in [5, 5.41) is 0. The third-order valence-electron chi connectivity index (χ3n) is 6.32. The highest BCUT2D eigenvalue weighted by molar-refractivity contribution is 5.91. The second-order valence-corrected chi connectivity index (χ2v) is 8.99. The van der Waals surface area contributed by atoms with Gasteiger partial charge in [0.15, 0.2) is 18.4 Å². The summed E-state index contributed by atoms with van der Waals surface area (Å²) in [6, 6.07) is 25.3. The van der Waals surface area contributed by atoms with E-state index in [2.05, 4.69) is 4.98 Å². The van der Waals surface area contributed by atoms with Crippen molar-refractivity contribution in [1.82, 2.24) is 9.55 Å². The molecule has 0 saturated carbocycles. The fraction of sp³-hybridized carbons (Fsp3) is 0.167. The average molecular weight is 557 g/mol. The van der Waals surface area contributed by atoms with Crippen LogP contribution in [0.5, 0.6) is 0 Å². The van der Waals surface area contributed by atoms with Gasteiger partial charge in [0, 0.05) is 12.3 Å². The summed E-state index contributed by atoms with van der Waals surface area (Å²) in [4.78, 5) is 66.8. The van der Waals surface area contributed by atoms with E-state index in [0.29, 0.717) is 4.57 Å². The van der Waals surface area contributed by atoms with E-state index in [1.165, 1.54) is 24.3 Å². The third-order valence-corrected chi connectivity index (χ3v) is 6.32. The van der Waals surface area contributed by atoms with Gasteiger partial charge in [-0.05, 0) is 36.4 Å². The van der Waals surface area contributed by atoms with Crippen LogP contribution in [0, 0.1) is 0 Å². The lowest BCUT2D eigenvalue weighted by Crippen LogP contribution is -2.45. The molecule has 1 aliphatic rings. The van der Waals surface area contributed by atoms with Crippen molar-refractivity contribution in [3.63, 3.8) is 0 Å². The summed E-state index contributed by atoms with van der Waals surface area (Å²) in [5.41, 5.74) is -0.970. The second kappa shape index (κ2) is 12.3. The lowest BCUT2D eigenvalue weighted by atomic mass is 10.1. The topological polar surface area (TPSA) is 143 Å². The highest BCUT2D eigenvalue weighted by Gasteiger charge is 2.52. The Morgan fingerprint density at radius 3 is 1.68 bits per heavy atom. The Morgan fingerprint density at radius 1 is 0.683 bits per heavy atom. The summed E-state index contributed by atoms with van der Waals surface area (Å²) in [7, 11) is 0. The smallest absolute Gasteiger partial charge is 0.338 e. The maximum Gasteiger partial charge on any atom is 0.338 e. The molecule has 0 bridgehead atoms. The number of benzene rings is 3. The minimum atomic E-state index is -1.52. The number of carbonyl (C=O) groups excluding carboxylic acids is 3. The first-order chi connectivity index (χ1) is 19.9. The van der Waals surface area contributed by atoms with Gasteiger partial charge in [0.2, 0.25) is 0 Å². The van der Waals surface area contributed by atoms with Crippen LogP contribution in [0.1, 0.15) is 37.3 Å². The number of nitrogens with one attached hydrogen (secondary N) is 1. The predicted octanol–water partition coefficient (Wildman–Crippen LogP) is 2.74. The minimum Gasteiger partial charge on any atom is -0.459 e. The quantitative estimate of drug-likeness (QED) is 0.256. The van der Waals surface area contributed by atoms with Gasteiger partial charge >= 0.3 is 23.6 Å². The number of hydrogen-bond donors (Lipinski definition) is 1. The molecule has 1 aliphatic heterocycles. The monoisotopic (exact) mass is 556 g/mol. The molecule has 208 valence electrons. The SMILES string of the molecule is O=C(OC[C@H]1O[C@@H](n2c(=O)cc[nH]c2=O)C(OC(=O)c2ccccc2)C1OC(=O)c1ccccc1)c1ccccc1. The number of H-pyrrole nitrogens is 1. The van der Waals surface area contributed by atoms with Gasteiger partial charge in [0.1, 0.15) is 12.7 Å². The van der Waals surface area contributed by atoms with Crippen molar-refractivity contribution in [3.05, 3.63) is 141 Å². The predicted molar refractivity (Wildman–Crippen MR) is 143 cm³/mol. The lowest BCUT2D eigenvalue weighted by Gasteiger charge is -2.24. The standard InChI is InChI=1S/C30H24N2O9/c33-23-16-17-31-30(37)32(23)26-25(41-29(36)21-14-8-3-9-15-21)24(40-28(35)20-12-6-2-7-13-20)22(39-26)18-38-27(34)19-10-4-1-5-11-19/h1-17,22,24-26H,18H2,(H,31,37)/t22-,24?,25?,26-/m1/s1. The van der Waals surface area contributed by atoms with E-state index < -0.39 is 60.3 Å². The highest BCUT2D eigenvalue weighted by Crippen LogP contribution is 2.34. The third kappa shape index (κ3) is 6.15. The van der Waals surface area contributed by atoms with Gasteiger partial charge < -0.3 is 23.9 Å². The van der Waals surface area contributed by atoms with E-state index in [1.54, 1.807) is 66.7 Å². The fourth-order valence-corrected chi connectivity index (χ4v) is 4.34. The Balaban J connectivity index is 1.51. The molecule has 3 aromatic carbocycles. The van der Waals surface area contributed by atoms with Gasteiger partial charge in [-0.25, -0.2) is 23.7 Å². The van der Waals surface area contributed by atoms with Crippen molar-refractivity contribution < 1.29 is 33.3 Å². The van der Waals surface area contributed by atoms with Crippen LogP contribution < -0.4 is 11.2 Å². The Hall–Kier alpha value is -5.29. The van der Waals surface area contributed by atoms with E-state index in [-0.39, 0.29) is 16.7 Å². The zero-order valence-corrected chi connectivity index (χ0v) is 21.5. The summed E-state index contributed by atoms with van der Waals surface area (Å²) in [6.07, 6.45) is -4.44. The number of ether oxygens (including phenoxy) is 4. The largest absolute Gasteiger partial charge is 0.459 e. The molecule has 1 fully saturated rings. The van der Waals surface area contributed by atoms with Gasteiger partial charge in [-0.2, -0.15) is 0 Å². The van der Waals surface area contributed by atoms with Gasteiger partial charge in [0.05, 0.1) is 16.7 Å². The molecule has 2 unspecified atom stereocenters. The molecular formula is C30H24N2O9. The van der Waals surface area contributed by atoms with Gasteiger partial charge in [0.25, 0.3) is 5.56 Å². The van der Waals surface area contributed by atoms with Crippen molar-refractivity contribution in [2.75, 3.05) is 6.61 Å². The van der Waals surface area contributed by atoms with E-state index >= 15 is 0 Å². The van der Waals surface area contributed by atoms with Crippen LogP contribution >= 0.6 is 0 Å². The Bertz CT molecular complexity index is 1610. The number of aromatic amines is 1. The average Bonchev–Trinajstić information content (AvgIpc) is 3.32. The van der Waals surface area contributed by atoms with E-state index in [9.17, 15) is 24.0 Å². The molecule has 41 heavy (non-hydrogen) atoms. The van der Waals surface area contributed by atoms with Crippen molar-refractivity contribution in [3.8, 4) is 0 Å². The van der Waals surface area contributed by atoms with Crippen LogP contribution in [-0.2, 0) is 18.9 Å². The van der Waals surface area contributed by atoms with Crippen LogP contribution in [0.15, 0.2) is 113 Å². The molecule has 1 N–H and O–H groups in total. The maximum atomic E-state index is 13.1. The van der Waals surface area contributed by atoms with Crippen LogP contribution in [0.2, 0.25) is 0 Å². The van der Waals surface area contributed by atoms with Crippen LogP contribution in [0.25, 0.3) is 0 Å². The summed E-state index contributed by atoms with van der Waals surface area (Å²) < 4.78 is 23.7. The molecule has 0 aliphatic carbocycles. The number of esters is 3. The molecule has 0 amide bonds. The van der Waals surface area contributed by atoms with Crippen molar-refractivity contribution in [1.29, 1.82) is 0 Å². The summed E-state index contributed by atoms with van der Waals surface area (Å²) in [5.74, 6) is -2.28. The molecular weight excluding hydrogens is 532 g/mol. The summed E-state index contributed by atoms with van der Waals surface area (Å²) in [6.45, 7) is -0.449. The number of rotatable bonds is 8. The summed E-state index contributed by atoms with van der Waals surface area (Å²) >= 11 is 0. The molecule has 11 heteroatoms. The molecule has 2 heterocycles. The maximum absolute atomic E-state index is 13.1. The molecule has 4 atom stereocenters. The van der Waals surface area contributed by atoms with Crippen LogP contribution in [0.4, 0.5) is 0 Å².